The summed E-state index contributed by atoms with van der Waals surface area (Å²) in [5, 5.41) is 3.15. The van der Waals surface area contributed by atoms with Crippen LogP contribution in [0.5, 0.6) is 5.75 Å². The summed E-state index contributed by atoms with van der Waals surface area (Å²) in [6, 6.07) is 4.86. The molecule has 110 valence electrons. The second-order valence-electron chi connectivity index (χ2n) is 3.91. The van der Waals surface area contributed by atoms with Gasteiger partial charge < -0.3 is 10.1 Å². The second kappa shape index (κ2) is 6.96. The van der Waals surface area contributed by atoms with E-state index < -0.39 is 5.91 Å². The highest BCUT2D eigenvalue weighted by molar-refractivity contribution is 9.11. The third kappa shape index (κ3) is 3.88. The van der Waals surface area contributed by atoms with Crippen molar-refractivity contribution in [1.82, 2.24) is 4.98 Å². The zero-order valence-electron chi connectivity index (χ0n) is 10.6. The molecule has 1 aromatic carbocycles. The van der Waals surface area contributed by atoms with Crippen molar-refractivity contribution >= 4 is 66.7 Å². The molecule has 1 aromatic heterocycles. The Morgan fingerprint density at radius 2 is 1.95 bits per heavy atom. The maximum atomic E-state index is 12.3. The Balaban J connectivity index is 2.33. The Labute approximate surface area is 148 Å². The fraction of sp³-hybridized carbons (Fsp3) is 0.0769. The molecule has 0 atom stereocenters. The predicted molar refractivity (Wildman–Crippen MR) is 90.6 cm³/mol. The van der Waals surface area contributed by atoms with Gasteiger partial charge in [0, 0.05) is 16.7 Å². The third-order valence-electron chi connectivity index (χ3n) is 2.56. The molecule has 0 unspecified atom stereocenters. The molecule has 21 heavy (non-hydrogen) atoms. The van der Waals surface area contributed by atoms with Gasteiger partial charge in [-0.3, -0.25) is 4.79 Å². The molecule has 0 aliphatic heterocycles. The molecule has 1 amide bonds. The lowest BCUT2D eigenvalue weighted by atomic mass is 10.2. The third-order valence-corrected chi connectivity index (χ3v) is 4.34. The number of rotatable bonds is 3. The highest BCUT2D eigenvalue weighted by atomic mass is 79.9. The minimum atomic E-state index is -0.394. The minimum absolute atomic E-state index is 0.192. The van der Waals surface area contributed by atoms with Gasteiger partial charge in [-0.25, -0.2) is 4.98 Å². The number of aromatic nitrogens is 1. The van der Waals surface area contributed by atoms with Gasteiger partial charge in [-0.2, -0.15) is 0 Å². The van der Waals surface area contributed by atoms with Gasteiger partial charge in [-0.05, 0) is 44.0 Å². The molecule has 0 fully saturated rings. The van der Waals surface area contributed by atoms with E-state index in [4.69, 9.17) is 27.9 Å². The van der Waals surface area contributed by atoms with Gasteiger partial charge >= 0.3 is 0 Å². The standard InChI is InChI=1S/C13H8Br2Cl2N2O2/c1-21-11-4-10(7(14)3-8(11)15)19-13(20)6-2-12(17)18-5-9(6)16/h2-5H,1H3,(H,19,20). The SMILES string of the molecule is COc1cc(NC(=O)c2cc(Cl)ncc2Cl)c(Br)cc1Br. The van der Waals surface area contributed by atoms with Gasteiger partial charge in [-0.1, -0.05) is 23.2 Å². The van der Waals surface area contributed by atoms with Gasteiger partial charge in [-0.15, -0.1) is 0 Å². The summed E-state index contributed by atoms with van der Waals surface area (Å²) in [5.41, 5.74) is 0.787. The van der Waals surface area contributed by atoms with E-state index in [1.807, 2.05) is 0 Å². The van der Waals surface area contributed by atoms with Crippen molar-refractivity contribution < 1.29 is 9.53 Å². The molecule has 1 heterocycles. The molecule has 8 heteroatoms. The van der Waals surface area contributed by atoms with Crippen molar-refractivity contribution in [2.45, 2.75) is 0 Å². The number of pyridine rings is 1. The predicted octanol–water partition coefficient (Wildman–Crippen LogP) is 5.17. The number of hydrogen-bond donors (Lipinski definition) is 1. The molecule has 1 N–H and O–H groups in total. The van der Waals surface area contributed by atoms with Crippen molar-refractivity contribution in [3.8, 4) is 5.75 Å². The first-order valence-electron chi connectivity index (χ1n) is 5.57. The number of hydrogen-bond acceptors (Lipinski definition) is 3. The van der Waals surface area contributed by atoms with E-state index in [1.165, 1.54) is 12.3 Å². The first kappa shape index (κ1) is 16.5. The van der Waals surface area contributed by atoms with Crippen LogP contribution in [0.1, 0.15) is 10.4 Å². The van der Waals surface area contributed by atoms with E-state index in [2.05, 4.69) is 42.2 Å². The molecule has 0 spiro atoms. The number of anilines is 1. The van der Waals surface area contributed by atoms with Crippen LogP contribution in [0.4, 0.5) is 5.69 Å². The topological polar surface area (TPSA) is 51.2 Å². The van der Waals surface area contributed by atoms with Crippen molar-refractivity contribution in [2.24, 2.45) is 0 Å². The number of ether oxygens (including phenoxy) is 1. The van der Waals surface area contributed by atoms with Crippen LogP contribution in [0.3, 0.4) is 0 Å². The summed E-state index contributed by atoms with van der Waals surface area (Å²) in [5.74, 6) is 0.196. The quantitative estimate of drug-likeness (QED) is 0.650. The molecule has 0 bridgehead atoms. The normalized spacial score (nSPS) is 10.3. The first-order chi connectivity index (χ1) is 9.92. The fourth-order valence-corrected chi connectivity index (χ4v) is 3.16. The maximum absolute atomic E-state index is 12.3. The molecular formula is C13H8Br2Cl2N2O2. The van der Waals surface area contributed by atoms with Crippen LogP contribution in [0.2, 0.25) is 10.2 Å². The van der Waals surface area contributed by atoms with E-state index in [1.54, 1.807) is 19.2 Å². The van der Waals surface area contributed by atoms with Crippen LogP contribution >= 0.6 is 55.1 Å². The van der Waals surface area contributed by atoms with Crippen molar-refractivity contribution in [3.05, 3.63) is 49.1 Å². The average molecular weight is 455 g/mol. The van der Waals surface area contributed by atoms with E-state index >= 15 is 0 Å². The molecular weight excluding hydrogens is 447 g/mol. The van der Waals surface area contributed by atoms with Crippen molar-refractivity contribution in [2.75, 3.05) is 12.4 Å². The van der Waals surface area contributed by atoms with Gasteiger partial charge in [0.25, 0.3) is 5.91 Å². The number of nitrogens with zero attached hydrogens (tertiary/aromatic N) is 1. The smallest absolute Gasteiger partial charge is 0.257 e. The lowest BCUT2D eigenvalue weighted by Gasteiger charge is -2.11. The van der Waals surface area contributed by atoms with Crippen LogP contribution < -0.4 is 10.1 Å². The second-order valence-corrected chi connectivity index (χ2v) is 6.41. The van der Waals surface area contributed by atoms with E-state index in [0.29, 0.717) is 15.9 Å². The van der Waals surface area contributed by atoms with Gasteiger partial charge in [0.05, 0.1) is 27.9 Å². The summed E-state index contributed by atoms with van der Waals surface area (Å²) in [6.07, 6.45) is 1.33. The van der Waals surface area contributed by atoms with Gasteiger partial charge in [0.1, 0.15) is 10.9 Å². The number of halogens is 4. The summed E-state index contributed by atoms with van der Waals surface area (Å²) < 4.78 is 6.65. The lowest BCUT2D eigenvalue weighted by Crippen LogP contribution is -2.13. The molecule has 0 saturated carbocycles. The Hall–Kier alpha value is -0.820. The van der Waals surface area contributed by atoms with E-state index in [0.717, 1.165) is 4.47 Å². The number of amides is 1. The van der Waals surface area contributed by atoms with E-state index in [9.17, 15) is 4.79 Å². The lowest BCUT2D eigenvalue weighted by molar-refractivity contribution is 0.102. The Morgan fingerprint density at radius 3 is 2.62 bits per heavy atom. The van der Waals surface area contributed by atoms with Crippen LogP contribution in [0.25, 0.3) is 0 Å². The highest BCUT2D eigenvalue weighted by Gasteiger charge is 2.15. The van der Waals surface area contributed by atoms with Crippen molar-refractivity contribution in [1.29, 1.82) is 0 Å². The molecule has 0 aliphatic carbocycles. The minimum Gasteiger partial charge on any atom is -0.495 e. The summed E-state index contributed by atoms with van der Waals surface area (Å²) in [7, 11) is 1.54. The average Bonchev–Trinajstić information content (AvgIpc) is 2.44. The molecule has 0 aliphatic rings. The fourth-order valence-electron chi connectivity index (χ4n) is 1.56. The van der Waals surface area contributed by atoms with Crippen LogP contribution in [-0.2, 0) is 0 Å². The maximum Gasteiger partial charge on any atom is 0.257 e. The number of nitrogens with one attached hydrogen (secondary N) is 1. The zero-order valence-corrected chi connectivity index (χ0v) is 15.3. The van der Waals surface area contributed by atoms with Crippen LogP contribution in [0.15, 0.2) is 33.3 Å². The summed E-state index contributed by atoms with van der Waals surface area (Å²) >= 11 is 18.5. The van der Waals surface area contributed by atoms with Crippen LogP contribution in [0, 0.1) is 0 Å². The highest BCUT2D eigenvalue weighted by Crippen LogP contribution is 2.35. The monoisotopic (exact) mass is 452 g/mol. The number of methoxy groups -OCH3 is 1. The van der Waals surface area contributed by atoms with Crippen molar-refractivity contribution in [3.63, 3.8) is 0 Å². The van der Waals surface area contributed by atoms with E-state index in [-0.39, 0.29) is 15.7 Å². The van der Waals surface area contributed by atoms with Gasteiger partial charge in [0.15, 0.2) is 0 Å². The van der Waals surface area contributed by atoms with Gasteiger partial charge in [0.2, 0.25) is 0 Å². The van der Waals surface area contributed by atoms with Crippen LogP contribution in [-0.4, -0.2) is 18.0 Å². The molecule has 0 saturated heterocycles. The number of carbonyl (C=O) groups excluding carboxylic acids is 1. The Kier molecular flexibility index (Phi) is 5.48. The number of carbonyl (C=O) groups is 1. The first-order valence-corrected chi connectivity index (χ1v) is 7.92. The molecule has 4 nitrogen and oxygen atoms in total. The molecule has 2 rings (SSSR count). The number of benzene rings is 1. The summed E-state index contributed by atoms with van der Waals surface area (Å²) in [6.45, 7) is 0. The summed E-state index contributed by atoms with van der Waals surface area (Å²) in [4.78, 5) is 16.1. The zero-order chi connectivity index (χ0) is 15.6. The largest absolute Gasteiger partial charge is 0.495 e. The molecule has 2 aromatic rings. The Bertz CT molecular complexity index is 711. The Morgan fingerprint density at radius 1 is 1.24 bits per heavy atom. The molecule has 0 radical (unpaired) electrons.